The van der Waals surface area contributed by atoms with E-state index in [-0.39, 0.29) is 23.5 Å². The van der Waals surface area contributed by atoms with Crippen LogP contribution in [0.1, 0.15) is 15.9 Å². The Kier molecular flexibility index (Phi) is 3.81. The Labute approximate surface area is 113 Å². The van der Waals surface area contributed by atoms with E-state index in [2.05, 4.69) is 0 Å². The molecule has 0 radical (unpaired) electrons. The number of ketones is 1. The molecule has 0 saturated heterocycles. The second kappa shape index (κ2) is 5.36. The summed E-state index contributed by atoms with van der Waals surface area (Å²) in [5, 5.41) is 0.351. The van der Waals surface area contributed by atoms with Crippen LogP contribution in [-0.4, -0.2) is 5.78 Å². The van der Waals surface area contributed by atoms with E-state index >= 15 is 0 Å². The summed E-state index contributed by atoms with van der Waals surface area (Å²) < 4.78 is 26.2. The summed E-state index contributed by atoms with van der Waals surface area (Å²) in [6.45, 7) is 0. The van der Waals surface area contributed by atoms with Crippen molar-refractivity contribution < 1.29 is 13.6 Å². The third kappa shape index (κ3) is 3.09. The number of nitrogens with two attached hydrogens (primary N) is 1. The predicted octanol–water partition coefficient (Wildman–Crippen LogP) is 3.63. The molecule has 2 aromatic carbocycles. The molecule has 0 saturated carbocycles. The number of benzene rings is 2. The third-order valence-corrected chi connectivity index (χ3v) is 3.03. The zero-order valence-corrected chi connectivity index (χ0v) is 10.5. The van der Waals surface area contributed by atoms with Crippen molar-refractivity contribution in [2.45, 2.75) is 6.42 Å². The molecule has 2 nitrogen and oxygen atoms in total. The van der Waals surface area contributed by atoms with Crippen LogP contribution in [0.15, 0.2) is 36.4 Å². The molecule has 5 heteroatoms. The van der Waals surface area contributed by atoms with Crippen LogP contribution in [0, 0.1) is 11.6 Å². The number of carbonyl (C=O) groups is 1. The van der Waals surface area contributed by atoms with Gasteiger partial charge in [-0.25, -0.2) is 8.78 Å². The number of nitrogen functional groups attached to an aromatic ring is 1. The van der Waals surface area contributed by atoms with Gasteiger partial charge in [0, 0.05) is 18.1 Å². The Bertz CT molecular complexity index is 643. The Morgan fingerprint density at radius 3 is 2.53 bits per heavy atom. The van der Waals surface area contributed by atoms with Crippen molar-refractivity contribution in [3.8, 4) is 0 Å². The van der Waals surface area contributed by atoms with E-state index in [4.69, 9.17) is 17.3 Å². The minimum Gasteiger partial charge on any atom is -0.398 e. The molecular weight excluding hydrogens is 272 g/mol. The molecule has 2 aromatic rings. The smallest absolute Gasteiger partial charge is 0.167 e. The maximum Gasteiger partial charge on any atom is 0.167 e. The number of carbonyl (C=O) groups excluding carboxylic acids is 1. The summed E-state index contributed by atoms with van der Waals surface area (Å²) in [7, 11) is 0. The summed E-state index contributed by atoms with van der Waals surface area (Å²) in [5.74, 6) is -1.73. The molecule has 0 aliphatic rings. The highest BCUT2D eigenvalue weighted by Crippen LogP contribution is 2.21. The topological polar surface area (TPSA) is 43.1 Å². The maximum atomic E-state index is 13.4. The Hall–Kier alpha value is -1.94. The highest BCUT2D eigenvalue weighted by molar-refractivity contribution is 6.33. The first-order chi connectivity index (χ1) is 8.97. The molecule has 0 aromatic heterocycles. The zero-order chi connectivity index (χ0) is 14.0. The van der Waals surface area contributed by atoms with E-state index in [0.29, 0.717) is 10.6 Å². The largest absolute Gasteiger partial charge is 0.398 e. The molecule has 0 fully saturated rings. The number of Topliss-reactive ketones (excluding diaryl/α,β-unsaturated/α-hetero) is 1. The monoisotopic (exact) mass is 281 g/mol. The van der Waals surface area contributed by atoms with Gasteiger partial charge >= 0.3 is 0 Å². The van der Waals surface area contributed by atoms with Gasteiger partial charge in [0.2, 0.25) is 0 Å². The van der Waals surface area contributed by atoms with Crippen molar-refractivity contribution in [3.63, 3.8) is 0 Å². The van der Waals surface area contributed by atoms with Gasteiger partial charge in [0.15, 0.2) is 5.78 Å². The van der Waals surface area contributed by atoms with Crippen LogP contribution in [0.5, 0.6) is 0 Å². The molecule has 0 heterocycles. The number of anilines is 1. The van der Waals surface area contributed by atoms with Gasteiger partial charge in [0.05, 0.1) is 10.7 Å². The van der Waals surface area contributed by atoms with Crippen LogP contribution >= 0.6 is 11.6 Å². The van der Waals surface area contributed by atoms with E-state index in [1.807, 2.05) is 0 Å². The van der Waals surface area contributed by atoms with Gasteiger partial charge in [-0.05, 0) is 29.8 Å². The van der Waals surface area contributed by atoms with Crippen molar-refractivity contribution in [2.75, 3.05) is 5.73 Å². The van der Waals surface area contributed by atoms with Crippen LogP contribution in [0.25, 0.3) is 0 Å². The van der Waals surface area contributed by atoms with Gasteiger partial charge in [-0.15, -0.1) is 0 Å². The fourth-order valence-corrected chi connectivity index (χ4v) is 1.77. The first kappa shape index (κ1) is 13.5. The van der Waals surface area contributed by atoms with Gasteiger partial charge in [0.25, 0.3) is 0 Å². The van der Waals surface area contributed by atoms with Crippen LogP contribution < -0.4 is 5.73 Å². The average Bonchev–Trinajstić information content (AvgIpc) is 2.36. The first-order valence-corrected chi connectivity index (χ1v) is 5.87. The van der Waals surface area contributed by atoms with E-state index in [0.717, 1.165) is 12.1 Å². The quantitative estimate of drug-likeness (QED) is 0.690. The lowest BCUT2D eigenvalue weighted by Crippen LogP contribution is -2.06. The molecule has 0 spiro atoms. The molecule has 19 heavy (non-hydrogen) atoms. The van der Waals surface area contributed by atoms with Crippen molar-refractivity contribution in [1.29, 1.82) is 0 Å². The van der Waals surface area contributed by atoms with Crippen molar-refractivity contribution in [2.24, 2.45) is 0 Å². The molecule has 0 unspecified atom stereocenters. The second-order valence-electron chi connectivity index (χ2n) is 4.07. The van der Waals surface area contributed by atoms with Gasteiger partial charge in [-0.3, -0.25) is 4.79 Å². The second-order valence-corrected chi connectivity index (χ2v) is 4.48. The standard InChI is InChI=1S/C14H10ClF2NO/c15-11-4-2-9(5-13(11)18)14(19)6-8-1-3-10(16)7-12(8)17/h1-5,7H,6,18H2. The van der Waals surface area contributed by atoms with Gasteiger partial charge < -0.3 is 5.73 Å². The Balaban J connectivity index is 2.23. The summed E-state index contributed by atoms with van der Waals surface area (Å²) in [5.41, 5.74) is 6.36. The minimum absolute atomic E-state index is 0.139. The molecule has 0 amide bonds. The lowest BCUT2D eigenvalue weighted by molar-refractivity contribution is 0.0992. The molecule has 0 bridgehead atoms. The van der Waals surface area contributed by atoms with Crippen LogP contribution in [-0.2, 0) is 6.42 Å². The van der Waals surface area contributed by atoms with Crippen LogP contribution in [0.4, 0.5) is 14.5 Å². The molecule has 0 atom stereocenters. The minimum atomic E-state index is -0.740. The molecule has 2 rings (SSSR count). The molecular formula is C14H10ClF2NO. The predicted molar refractivity (Wildman–Crippen MR) is 70.3 cm³/mol. The van der Waals surface area contributed by atoms with E-state index in [1.165, 1.54) is 24.3 Å². The van der Waals surface area contributed by atoms with Crippen LogP contribution in [0.2, 0.25) is 5.02 Å². The van der Waals surface area contributed by atoms with Crippen molar-refractivity contribution >= 4 is 23.1 Å². The first-order valence-electron chi connectivity index (χ1n) is 5.49. The highest BCUT2D eigenvalue weighted by Gasteiger charge is 2.12. The lowest BCUT2D eigenvalue weighted by atomic mass is 10.0. The summed E-state index contributed by atoms with van der Waals surface area (Å²) >= 11 is 5.75. The zero-order valence-electron chi connectivity index (χ0n) is 9.79. The average molecular weight is 282 g/mol. The summed E-state index contributed by atoms with van der Waals surface area (Å²) in [4.78, 5) is 12.0. The van der Waals surface area contributed by atoms with Crippen molar-refractivity contribution in [3.05, 3.63) is 64.2 Å². The van der Waals surface area contributed by atoms with Gasteiger partial charge in [-0.1, -0.05) is 17.7 Å². The number of rotatable bonds is 3. The highest BCUT2D eigenvalue weighted by atomic mass is 35.5. The normalized spacial score (nSPS) is 10.5. The van der Waals surface area contributed by atoms with Gasteiger partial charge in [-0.2, -0.15) is 0 Å². The fraction of sp³-hybridized carbons (Fsp3) is 0.0714. The third-order valence-electron chi connectivity index (χ3n) is 2.68. The Morgan fingerprint density at radius 1 is 1.16 bits per heavy atom. The number of hydrogen-bond acceptors (Lipinski definition) is 2. The van der Waals surface area contributed by atoms with Gasteiger partial charge in [0.1, 0.15) is 11.6 Å². The molecule has 0 aliphatic carbocycles. The van der Waals surface area contributed by atoms with E-state index in [1.54, 1.807) is 0 Å². The fourth-order valence-electron chi connectivity index (χ4n) is 1.66. The maximum absolute atomic E-state index is 13.4. The van der Waals surface area contributed by atoms with E-state index < -0.39 is 11.6 Å². The van der Waals surface area contributed by atoms with Crippen LogP contribution in [0.3, 0.4) is 0 Å². The summed E-state index contributed by atoms with van der Waals surface area (Å²) in [6.07, 6.45) is -0.160. The summed E-state index contributed by atoms with van der Waals surface area (Å²) in [6, 6.07) is 7.57. The molecule has 2 N–H and O–H groups in total. The Morgan fingerprint density at radius 2 is 1.89 bits per heavy atom. The molecule has 98 valence electrons. The lowest BCUT2D eigenvalue weighted by Gasteiger charge is -2.05. The van der Waals surface area contributed by atoms with Crippen molar-refractivity contribution in [1.82, 2.24) is 0 Å². The number of hydrogen-bond donors (Lipinski definition) is 1. The molecule has 0 aliphatic heterocycles. The SMILES string of the molecule is Nc1cc(C(=O)Cc2ccc(F)cc2F)ccc1Cl. The van der Waals surface area contributed by atoms with E-state index in [9.17, 15) is 13.6 Å². The number of halogens is 3.